The zero-order valence-electron chi connectivity index (χ0n) is 14.2. The number of carbonyl (C=O) groups is 2. The minimum Gasteiger partial charge on any atom is -0.493 e. The van der Waals surface area contributed by atoms with E-state index in [0.717, 1.165) is 4.90 Å². The van der Waals surface area contributed by atoms with Crippen LogP contribution < -0.4 is 14.2 Å². The second-order valence-electron chi connectivity index (χ2n) is 5.11. The van der Waals surface area contributed by atoms with Crippen molar-refractivity contribution >= 4 is 17.9 Å². The normalized spacial score (nSPS) is 14.1. The van der Waals surface area contributed by atoms with Crippen molar-refractivity contribution in [3.05, 3.63) is 35.4 Å². The van der Waals surface area contributed by atoms with Crippen molar-refractivity contribution in [2.75, 3.05) is 27.9 Å². The first-order valence-electron chi connectivity index (χ1n) is 7.49. The van der Waals surface area contributed by atoms with Gasteiger partial charge in [-0.1, -0.05) is 6.08 Å². The van der Waals surface area contributed by atoms with E-state index < -0.39 is 11.8 Å². The highest BCUT2D eigenvalue weighted by molar-refractivity contribution is 6.10. The van der Waals surface area contributed by atoms with Crippen LogP contribution in [-0.2, 0) is 9.59 Å². The maximum absolute atomic E-state index is 12.3. The molecule has 1 aliphatic rings. The molecule has 0 radical (unpaired) electrons. The molecule has 0 aliphatic carbocycles. The Morgan fingerprint density at radius 3 is 2.36 bits per heavy atom. The van der Waals surface area contributed by atoms with Crippen LogP contribution in [0.25, 0.3) is 6.08 Å². The number of ether oxygens (including phenoxy) is 3. The van der Waals surface area contributed by atoms with Crippen LogP contribution in [0.3, 0.4) is 0 Å². The van der Waals surface area contributed by atoms with E-state index in [2.05, 4.69) is 0 Å². The molecule has 0 fully saturated rings. The lowest BCUT2D eigenvalue weighted by atomic mass is 10.1. The van der Waals surface area contributed by atoms with Crippen LogP contribution >= 0.6 is 0 Å². The molecule has 7 nitrogen and oxygen atoms in total. The fraction of sp³-hybridized carbons (Fsp3) is 0.278. The second kappa shape index (κ2) is 8.02. The molecule has 0 bridgehead atoms. The van der Waals surface area contributed by atoms with Gasteiger partial charge in [-0.15, -0.1) is 0 Å². The average Bonchev–Trinajstić information content (AvgIpc) is 2.65. The Morgan fingerprint density at radius 2 is 1.84 bits per heavy atom. The Labute approximate surface area is 145 Å². The number of imide groups is 1. The zero-order chi connectivity index (χ0) is 18.4. The van der Waals surface area contributed by atoms with Gasteiger partial charge in [0.15, 0.2) is 11.5 Å². The maximum atomic E-state index is 12.3. The van der Waals surface area contributed by atoms with Gasteiger partial charge in [-0.2, -0.15) is 5.26 Å². The topological polar surface area (TPSA) is 88.9 Å². The Bertz CT molecular complexity index is 764. The van der Waals surface area contributed by atoms with Crippen LogP contribution in [-0.4, -0.2) is 44.6 Å². The molecule has 0 unspecified atom stereocenters. The third-order valence-corrected chi connectivity index (χ3v) is 3.67. The molecule has 0 saturated heterocycles. The van der Waals surface area contributed by atoms with E-state index in [1.807, 2.05) is 0 Å². The highest BCUT2D eigenvalue weighted by atomic mass is 16.5. The number of nitriles is 1. The summed E-state index contributed by atoms with van der Waals surface area (Å²) in [6.45, 7) is 0.252. The molecule has 1 aromatic rings. The van der Waals surface area contributed by atoms with Crippen molar-refractivity contribution in [3.8, 4) is 23.3 Å². The summed E-state index contributed by atoms with van der Waals surface area (Å²) in [4.78, 5) is 25.3. The van der Waals surface area contributed by atoms with Gasteiger partial charge in [0, 0.05) is 12.6 Å². The SMILES string of the molecule is COc1cc(/C=C/C(=O)N2CCC=C(C#N)C2=O)cc(OC)c1OC. The summed E-state index contributed by atoms with van der Waals surface area (Å²) in [5, 5.41) is 8.90. The van der Waals surface area contributed by atoms with Crippen molar-refractivity contribution in [1.82, 2.24) is 4.90 Å². The van der Waals surface area contributed by atoms with Gasteiger partial charge < -0.3 is 14.2 Å². The van der Waals surface area contributed by atoms with Gasteiger partial charge in [0.1, 0.15) is 11.6 Å². The Kier molecular flexibility index (Phi) is 5.79. The van der Waals surface area contributed by atoms with Crippen molar-refractivity contribution in [1.29, 1.82) is 5.26 Å². The molecule has 1 heterocycles. The first-order chi connectivity index (χ1) is 12.0. The number of carbonyl (C=O) groups excluding carboxylic acids is 2. The summed E-state index contributed by atoms with van der Waals surface area (Å²) in [5.74, 6) is 0.298. The summed E-state index contributed by atoms with van der Waals surface area (Å²) in [7, 11) is 4.50. The summed E-state index contributed by atoms with van der Waals surface area (Å²) in [6, 6.07) is 5.17. The van der Waals surface area contributed by atoms with E-state index >= 15 is 0 Å². The zero-order valence-corrected chi connectivity index (χ0v) is 14.2. The molecule has 0 atom stereocenters. The van der Waals surface area contributed by atoms with Gasteiger partial charge in [0.25, 0.3) is 11.8 Å². The molecule has 25 heavy (non-hydrogen) atoms. The Balaban J connectivity index is 2.24. The van der Waals surface area contributed by atoms with E-state index in [4.69, 9.17) is 19.5 Å². The number of benzene rings is 1. The fourth-order valence-corrected chi connectivity index (χ4v) is 2.43. The van der Waals surface area contributed by atoms with Crippen LogP contribution in [0.15, 0.2) is 29.9 Å². The van der Waals surface area contributed by atoms with Crippen LogP contribution in [0.5, 0.6) is 17.2 Å². The lowest BCUT2D eigenvalue weighted by molar-refractivity contribution is -0.139. The molecular formula is C18H18N2O5. The predicted molar refractivity (Wildman–Crippen MR) is 90.2 cm³/mol. The quantitative estimate of drug-likeness (QED) is 0.760. The predicted octanol–water partition coefficient (Wildman–Crippen LogP) is 1.93. The number of methoxy groups -OCH3 is 3. The number of hydrogen-bond donors (Lipinski definition) is 0. The van der Waals surface area contributed by atoms with Crippen LogP contribution in [0.4, 0.5) is 0 Å². The van der Waals surface area contributed by atoms with Crippen molar-refractivity contribution < 1.29 is 23.8 Å². The van der Waals surface area contributed by atoms with Crippen LogP contribution in [0.1, 0.15) is 12.0 Å². The molecule has 130 valence electrons. The maximum Gasteiger partial charge on any atom is 0.271 e. The molecule has 2 amide bonds. The summed E-state index contributed by atoms with van der Waals surface area (Å²) < 4.78 is 15.8. The molecule has 0 N–H and O–H groups in total. The summed E-state index contributed by atoms with van der Waals surface area (Å²) >= 11 is 0. The van der Waals surface area contributed by atoms with Gasteiger partial charge in [-0.3, -0.25) is 14.5 Å². The molecular weight excluding hydrogens is 324 g/mol. The first-order valence-corrected chi connectivity index (χ1v) is 7.49. The van der Waals surface area contributed by atoms with Crippen LogP contribution in [0.2, 0.25) is 0 Å². The Hall–Kier alpha value is -3.27. The number of rotatable bonds is 5. The second-order valence-corrected chi connectivity index (χ2v) is 5.11. The Morgan fingerprint density at radius 1 is 1.20 bits per heavy atom. The standard InChI is InChI=1S/C18H18N2O5/c1-23-14-9-12(10-15(24-2)17(14)25-3)6-7-16(21)20-8-4-5-13(11-19)18(20)22/h5-7,9-10H,4,8H2,1-3H3/b7-6+. The minimum atomic E-state index is -0.576. The highest BCUT2D eigenvalue weighted by Crippen LogP contribution is 2.38. The largest absolute Gasteiger partial charge is 0.493 e. The summed E-state index contributed by atoms with van der Waals surface area (Å²) in [5.41, 5.74) is 0.629. The summed E-state index contributed by atoms with van der Waals surface area (Å²) in [6.07, 6.45) is 4.83. The van der Waals surface area contributed by atoms with Crippen molar-refractivity contribution in [2.45, 2.75) is 6.42 Å². The van der Waals surface area contributed by atoms with Gasteiger partial charge in [0.05, 0.1) is 21.3 Å². The van der Waals surface area contributed by atoms with Crippen molar-refractivity contribution in [3.63, 3.8) is 0 Å². The molecule has 1 aliphatic heterocycles. The monoisotopic (exact) mass is 342 g/mol. The third-order valence-electron chi connectivity index (χ3n) is 3.67. The van der Waals surface area contributed by atoms with Gasteiger partial charge in [-0.25, -0.2) is 0 Å². The molecule has 0 aromatic heterocycles. The first kappa shape index (κ1) is 18.1. The lowest BCUT2D eigenvalue weighted by Gasteiger charge is -2.21. The third kappa shape index (κ3) is 3.80. The van der Waals surface area contributed by atoms with E-state index in [1.54, 1.807) is 24.3 Å². The molecule has 7 heteroatoms. The molecule has 2 rings (SSSR count). The number of amides is 2. The molecule has 0 saturated carbocycles. The smallest absolute Gasteiger partial charge is 0.271 e. The van der Waals surface area contributed by atoms with E-state index in [-0.39, 0.29) is 12.1 Å². The van der Waals surface area contributed by atoms with Crippen LogP contribution in [0, 0.1) is 11.3 Å². The molecule has 0 spiro atoms. The van der Waals surface area contributed by atoms with E-state index in [1.165, 1.54) is 33.5 Å². The average molecular weight is 342 g/mol. The van der Waals surface area contributed by atoms with Gasteiger partial charge in [0.2, 0.25) is 5.75 Å². The number of hydrogen-bond acceptors (Lipinski definition) is 6. The fourth-order valence-electron chi connectivity index (χ4n) is 2.43. The van der Waals surface area contributed by atoms with Crippen molar-refractivity contribution in [2.24, 2.45) is 0 Å². The van der Waals surface area contributed by atoms with E-state index in [0.29, 0.717) is 29.2 Å². The van der Waals surface area contributed by atoms with E-state index in [9.17, 15) is 9.59 Å². The lowest BCUT2D eigenvalue weighted by Crippen LogP contribution is -2.39. The van der Waals surface area contributed by atoms with Gasteiger partial charge >= 0.3 is 0 Å². The highest BCUT2D eigenvalue weighted by Gasteiger charge is 2.25. The minimum absolute atomic E-state index is 0.0132. The number of nitrogens with zero attached hydrogens (tertiary/aromatic N) is 2. The molecule has 1 aromatic carbocycles. The van der Waals surface area contributed by atoms with Gasteiger partial charge in [-0.05, 0) is 30.2 Å².